The Labute approximate surface area is 201 Å². The van der Waals surface area contributed by atoms with Crippen LogP contribution in [0.1, 0.15) is 98.3 Å². The first-order chi connectivity index (χ1) is 15.8. The number of nitriles is 1. The summed E-state index contributed by atoms with van der Waals surface area (Å²) in [5.41, 5.74) is 0.718. The van der Waals surface area contributed by atoms with Crippen molar-refractivity contribution >= 4 is 5.97 Å². The number of nitrogens with zero attached hydrogens (tertiary/aromatic N) is 2. The molecule has 0 heterocycles. The van der Waals surface area contributed by atoms with Gasteiger partial charge in [-0.3, -0.25) is 4.90 Å². The van der Waals surface area contributed by atoms with E-state index in [1.54, 1.807) is 4.90 Å². The van der Waals surface area contributed by atoms with Crippen molar-refractivity contribution in [1.82, 2.24) is 4.90 Å². The van der Waals surface area contributed by atoms with Gasteiger partial charge in [-0.2, -0.15) is 5.26 Å². The summed E-state index contributed by atoms with van der Waals surface area (Å²) in [5, 5.41) is 20.7. The minimum atomic E-state index is -1.23. The quantitative estimate of drug-likeness (QED) is 0.402. The van der Waals surface area contributed by atoms with Crippen molar-refractivity contribution in [3.63, 3.8) is 0 Å². The topological polar surface area (TPSA) is 73.6 Å². The van der Waals surface area contributed by atoms with Crippen molar-refractivity contribution in [2.75, 3.05) is 13.1 Å². The van der Waals surface area contributed by atoms with E-state index in [0.29, 0.717) is 30.3 Å². The molecule has 4 aliphatic carbocycles. The molecule has 0 spiro atoms. The van der Waals surface area contributed by atoms with Crippen molar-refractivity contribution < 1.29 is 14.6 Å². The molecular weight excluding hydrogens is 412 g/mol. The molecule has 5 heteroatoms. The van der Waals surface area contributed by atoms with Crippen molar-refractivity contribution in [3.05, 3.63) is 0 Å². The molecule has 4 aliphatic rings. The molecule has 0 aromatic rings. The third-order valence-corrected chi connectivity index (χ3v) is 10.5. The van der Waals surface area contributed by atoms with Crippen LogP contribution < -0.4 is 0 Å². The Bertz CT molecular complexity index is 744. The number of hydrogen-bond donors (Lipinski definition) is 1. The minimum Gasteiger partial charge on any atom is -0.458 e. The lowest BCUT2D eigenvalue weighted by molar-refractivity contribution is -0.183. The molecule has 4 rings (SSSR count). The predicted molar refractivity (Wildman–Crippen MR) is 129 cm³/mol. The third kappa shape index (κ3) is 4.47. The van der Waals surface area contributed by atoms with Crippen LogP contribution in [0.5, 0.6) is 0 Å². The number of aliphatic hydroxyl groups is 1. The number of carbonyl (C=O) groups excluding carboxylic acids is 1. The molecule has 9 atom stereocenters. The van der Waals surface area contributed by atoms with Gasteiger partial charge in [0.25, 0.3) is 0 Å². The lowest BCUT2D eigenvalue weighted by Gasteiger charge is -2.61. The molecule has 4 fully saturated rings. The Hall–Kier alpha value is -1.12. The summed E-state index contributed by atoms with van der Waals surface area (Å²) >= 11 is 0. The molecule has 4 saturated carbocycles. The third-order valence-electron chi connectivity index (χ3n) is 10.5. The maximum Gasteiger partial charge on any atom is 0.350 e. The first-order valence-corrected chi connectivity index (χ1v) is 13.8. The second kappa shape index (κ2) is 9.86. The van der Waals surface area contributed by atoms with Gasteiger partial charge in [0.15, 0.2) is 0 Å². The van der Waals surface area contributed by atoms with Gasteiger partial charge in [0.1, 0.15) is 6.10 Å². The zero-order valence-corrected chi connectivity index (χ0v) is 21.4. The second-order valence-electron chi connectivity index (χ2n) is 12.3. The van der Waals surface area contributed by atoms with Gasteiger partial charge in [-0.1, -0.05) is 34.1 Å². The molecule has 186 valence electrons. The Morgan fingerprint density at radius 2 is 1.85 bits per heavy atom. The standard InChI is InChI=1S/C28H46N2O3/c1-5-14-30(15-6-2)25(31)26(32)33-24-16-20-9-10-21-22-8-7-12-27(22,3)13-11-23(21)28(20,4)17-19(24)18-29/h19-25,31H,5-17H2,1-4H3/t19?,20?,21-,22-,23+,24?,25?,27-,28-/m0/s1. The van der Waals surface area contributed by atoms with Crippen molar-refractivity contribution in [2.45, 2.75) is 111 Å². The number of rotatable bonds is 7. The zero-order chi connectivity index (χ0) is 23.8. The van der Waals surface area contributed by atoms with Crippen LogP contribution in [-0.4, -0.2) is 41.4 Å². The second-order valence-corrected chi connectivity index (χ2v) is 12.3. The summed E-state index contributed by atoms with van der Waals surface area (Å²) < 4.78 is 5.89. The average Bonchev–Trinajstić information content (AvgIpc) is 3.20. The van der Waals surface area contributed by atoms with Crippen molar-refractivity contribution in [1.29, 1.82) is 5.26 Å². The first-order valence-electron chi connectivity index (χ1n) is 13.8. The predicted octanol–water partition coefficient (Wildman–Crippen LogP) is 5.52. The summed E-state index contributed by atoms with van der Waals surface area (Å²) in [6.45, 7) is 10.4. The Morgan fingerprint density at radius 3 is 2.52 bits per heavy atom. The van der Waals surface area contributed by atoms with E-state index in [1.165, 1.54) is 44.9 Å². The average molecular weight is 459 g/mol. The van der Waals surface area contributed by atoms with E-state index in [-0.39, 0.29) is 11.3 Å². The van der Waals surface area contributed by atoms with Gasteiger partial charge in [0.05, 0.1) is 12.0 Å². The summed E-state index contributed by atoms with van der Waals surface area (Å²) in [6.07, 6.45) is 11.0. The van der Waals surface area contributed by atoms with E-state index in [2.05, 4.69) is 19.9 Å². The van der Waals surface area contributed by atoms with Crippen molar-refractivity contribution in [3.8, 4) is 6.07 Å². The molecule has 0 saturated heterocycles. The van der Waals surface area contributed by atoms with Crippen LogP contribution in [0, 0.1) is 51.8 Å². The molecule has 0 aliphatic heterocycles. The highest BCUT2D eigenvalue weighted by Crippen LogP contribution is 2.66. The normalized spacial score (nSPS) is 43.2. The minimum absolute atomic E-state index is 0.172. The van der Waals surface area contributed by atoms with Crippen LogP contribution in [0.15, 0.2) is 0 Å². The molecule has 0 bridgehead atoms. The Kier molecular flexibility index (Phi) is 7.47. The highest BCUT2D eigenvalue weighted by Gasteiger charge is 2.59. The molecule has 33 heavy (non-hydrogen) atoms. The van der Waals surface area contributed by atoms with Gasteiger partial charge in [-0.15, -0.1) is 0 Å². The van der Waals surface area contributed by atoms with Gasteiger partial charge in [0.2, 0.25) is 6.23 Å². The molecule has 0 aromatic carbocycles. The number of esters is 1. The van der Waals surface area contributed by atoms with Crippen LogP contribution in [-0.2, 0) is 9.53 Å². The lowest BCUT2D eigenvalue weighted by atomic mass is 9.44. The van der Waals surface area contributed by atoms with Crippen LogP contribution in [0.4, 0.5) is 0 Å². The van der Waals surface area contributed by atoms with Gasteiger partial charge in [-0.05, 0) is 98.7 Å². The molecule has 0 radical (unpaired) electrons. The van der Waals surface area contributed by atoms with Gasteiger partial charge in [0, 0.05) is 13.1 Å². The fourth-order valence-electron chi connectivity index (χ4n) is 8.83. The molecule has 4 unspecified atom stereocenters. The largest absolute Gasteiger partial charge is 0.458 e. The summed E-state index contributed by atoms with van der Waals surface area (Å²) in [6, 6.07) is 2.51. The molecular formula is C28H46N2O3. The fourth-order valence-corrected chi connectivity index (χ4v) is 8.83. The first kappa shape index (κ1) is 25.0. The van der Waals surface area contributed by atoms with Crippen LogP contribution in [0.3, 0.4) is 0 Å². The summed E-state index contributed by atoms with van der Waals surface area (Å²) in [7, 11) is 0. The monoisotopic (exact) mass is 458 g/mol. The highest BCUT2D eigenvalue weighted by atomic mass is 16.6. The van der Waals surface area contributed by atoms with E-state index in [9.17, 15) is 15.2 Å². The van der Waals surface area contributed by atoms with E-state index in [1.807, 2.05) is 13.8 Å². The summed E-state index contributed by atoms with van der Waals surface area (Å²) in [4.78, 5) is 14.7. The zero-order valence-electron chi connectivity index (χ0n) is 21.4. The fraction of sp³-hybridized carbons (Fsp3) is 0.929. The molecule has 1 N–H and O–H groups in total. The highest BCUT2D eigenvalue weighted by molar-refractivity contribution is 5.74. The maximum atomic E-state index is 12.9. The van der Waals surface area contributed by atoms with E-state index in [0.717, 1.165) is 37.5 Å². The SMILES string of the molecule is CCCN(CCC)C(O)C(=O)OC1CC2CC[C@@H]3[C@@H](CC[C@]4(C)CCC[C@@H]34)[C@@]2(C)CC1C#N. The van der Waals surface area contributed by atoms with Crippen LogP contribution in [0.25, 0.3) is 0 Å². The van der Waals surface area contributed by atoms with Crippen LogP contribution >= 0.6 is 0 Å². The number of fused-ring (bicyclic) bond motifs is 5. The van der Waals surface area contributed by atoms with E-state index in [4.69, 9.17) is 4.74 Å². The van der Waals surface area contributed by atoms with Crippen LogP contribution in [0.2, 0.25) is 0 Å². The van der Waals surface area contributed by atoms with Gasteiger partial charge < -0.3 is 9.84 Å². The van der Waals surface area contributed by atoms with Crippen molar-refractivity contribution in [2.24, 2.45) is 40.4 Å². The number of carbonyl (C=O) groups is 1. The Morgan fingerprint density at radius 1 is 1.12 bits per heavy atom. The summed E-state index contributed by atoms with van der Waals surface area (Å²) in [5.74, 6) is 2.04. The molecule has 0 aromatic heterocycles. The lowest BCUT2D eigenvalue weighted by Crippen LogP contribution is -2.55. The molecule has 5 nitrogen and oxygen atoms in total. The number of ether oxygens (including phenoxy) is 1. The maximum absolute atomic E-state index is 12.9. The van der Waals surface area contributed by atoms with Gasteiger partial charge in [-0.25, -0.2) is 4.79 Å². The van der Waals surface area contributed by atoms with Gasteiger partial charge >= 0.3 is 5.97 Å². The smallest absolute Gasteiger partial charge is 0.350 e. The number of aliphatic hydroxyl groups excluding tert-OH is 1. The molecule has 0 amide bonds. The number of hydrogen-bond acceptors (Lipinski definition) is 5. The van der Waals surface area contributed by atoms with E-state index < -0.39 is 18.3 Å². The Balaban J connectivity index is 1.46. The van der Waals surface area contributed by atoms with E-state index >= 15 is 0 Å².